The minimum absolute atomic E-state index is 0.0842. The fourth-order valence-electron chi connectivity index (χ4n) is 2.86. The van der Waals surface area contributed by atoms with E-state index in [1.165, 1.54) is 6.07 Å². The molecule has 0 unspecified atom stereocenters. The number of anilines is 1. The van der Waals surface area contributed by atoms with Crippen molar-refractivity contribution in [3.63, 3.8) is 0 Å². The standard InChI is InChI=1S/C16H18FN5O/c1-11-19-12(2)22(20-11)10-13-9-21(6-7-23-13)16-5-3-4-15(17)14(16)8-18/h3-5,13H,6-7,9-10H2,1-2H3/t13-/m0/s1. The summed E-state index contributed by atoms with van der Waals surface area (Å²) < 4.78 is 21.4. The van der Waals surface area contributed by atoms with E-state index in [1.54, 1.807) is 12.1 Å². The lowest BCUT2D eigenvalue weighted by molar-refractivity contribution is 0.0269. The van der Waals surface area contributed by atoms with Crippen LogP contribution in [0.3, 0.4) is 0 Å². The third kappa shape index (κ3) is 3.17. The van der Waals surface area contributed by atoms with Crippen LogP contribution in [0.5, 0.6) is 0 Å². The average Bonchev–Trinajstić information content (AvgIpc) is 2.85. The van der Waals surface area contributed by atoms with E-state index in [1.807, 2.05) is 29.5 Å². The molecule has 1 aliphatic heterocycles. The molecule has 0 N–H and O–H groups in total. The lowest BCUT2D eigenvalue weighted by atomic mass is 10.1. The summed E-state index contributed by atoms with van der Waals surface area (Å²) in [6.45, 7) is 6.07. The first-order valence-electron chi connectivity index (χ1n) is 7.51. The summed E-state index contributed by atoms with van der Waals surface area (Å²) in [4.78, 5) is 6.28. The Morgan fingerprint density at radius 2 is 2.26 bits per heavy atom. The molecule has 120 valence electrons. The molecule has 0 spiro atoms. The summed E-state index contributed by atoms with van der Waals surface area (Å²) in [5, 5.41) is 13.5. The molecule has 0 bridgehead atoms. The van der Waals surface area contributed by atoms with Crippen molar-refractivity contribution in [2.24, 2.45) is 0 Å². The first-order valence-corrected chi connectivity index (χ1v) is 7.51. The fourth-order valence-corrected chi connectivity index (χ4v) is 2.86. The highest BCUT2D eigenvalue weighted by molar-refractivity contribution is 5.60. The van der Waals surface area contributed by atoms with Crippen molar-refractivity contribution in [2.45, 2.75) is 26.5 Å². The largest absolute Gasteiger partial charge is 0.373 e. The van der Waals surface area contributed by atoms with Crippen molar-refractivity contribution >= 4 is 5.69 Å². The molecule has 0 radical (unpaired) electrons. The van der Waals surface area contributed by atoms with Crippen molar-refractivity contribution < 1.29 is 9.13 Å². The number of nitriles is 1. The third-order valence-corrected chi connectivity index (χ3v) is 3.92. The number of morpholine rings is 1. The van der Waals surface area contributed by atoms with Gasteiger partial charge in [-0.25, -0.2) is 14.1 Å². The van der Waals surface area contributed by atoms with Crippen LogP contribution in [-0.4, -0.2) is 40.6 Å². The van der Waals surface area contributed by atoms with Crippen molar-refractivity contribution in [3.05, 3.63) is 41.2 Å². The van der Waals surface area contributed by atoms with Gasteiger partial charge in [-0.15, -0.1) is 0 Å². The first kappa shape index (κ1) is 15.4. The Hall–Kier alpha value is -2.46. The van der Waals surface area contributed by atoms with Gasteiger partial charge in [-0.3, -0.25) is 0 Å². The number of ether oxygens (including phenoxy) is 1. The number of hydrogen-bond donors (Lipinski definition) is 0. The van der Waals surface area contributed by atoms with Crippen LogP contribution >= 0.6 is 0 Å². The molecule has 0 saturated carbocycles. The van der Waals surface area contributed by atoms with Gasteiger partial charge in [0.1, 0.15) is 29.1 Å². The predicted molar refractivity (Wildman–Crippen MR) is 82.6 cm³/mol. The summed E-state index contributed by atoms with van der Waals surface area (Å²) in [6, 6.07) is 6.66. The molecule has 1 saturated heterocycles. The number of hydrogen-bond acceptors (Lipinski definition) is 5. The van der Waals surface area contributed by atoms with Gasteiger partial charge < -0.3 is 9.64 Å². The molecule has 0 amide bonds. The van der Waals surface area contributed by atoms with E-state index in [4.69, 9.17) is 4.74 Å². The van der Waals surface area contributed by atoms with Crippen molar-refractivity contribution in [1.29, 1.82) is 5.26 Å². The quantitative estimate of drug-likeness (QED) is 0.864. The molecule has 1 aromatic heterocycles. The van der Waals surface area contributed by atoms with Gasteiger partial charge in [-0.1, -0.05) is 6.07 Å². The van der Waals surface area contributed by atoms with Crippen LogP contribution in [0.15, 0.2) is 18.2 Å². The summed E-state index contributed by atoms with van der Waals surface area (Å²) in [5.41, 5.74) is 0.702. The molecule has 1 aliphatic rings. The van der Waals surface area contributed by atoms with E-state index in [0.717, 1.165) is 11.6 Å². The van der Waals surface area contributed by atoms with Crippen molar-refractivity contribution in [1.82, 2.24) is 14.8 Å². The molecule has 7 heteroatoms. The van der Waals surface area contributed by atoms with Gasteiger partial charge in [0.15, 0.2) is 0 Å². The Morgan fingerprint density at radius 1 is 1.43 bits per heavy atom. The zero-order chi connectivity index (χ0) is 16.4. The van der Waals surface area contributed by atoms with Crippen LogP contribution in [0.2, 0.25) is 0 Å². The second-order valence-corrected chi connectivity index (χ2v) is 5.57. The van der Waals surface area contributed by atoms with Crippen LogP contribution in [-0.2, 0) is 11.3 Å². The molecular weight excluding hydrogens is 297 g/mol. The second kappa shape index (κ2) is 6.34. The highest BCUT2D eigenvalue weighted by Crippen LogP contribution is 2.24. The van der Waals surface area contributed by atoms with Crippen LogP contribution < -0.4 is 4.90 Å². The summed E-state index contributed by atoms with van der Waals surface area (Å²) in [6.07, 6.45) is -0.0849. The number of halogens is 1. The Kier molecular flexibility index (Phi) is 4.26. The molecule has 23 heavy (non-hydrogen) atoms. The molecular formula is C16H18FN5O. The zero-order valence-electron chi connectivity index (χ0n) is 13.2. The molecule has 1 fully saturated rings. The molecule has 2 heterocycles. The van der Waals surface area contributed by atoms with E-state index < -0.39 is 5.82 Å². The molecule has 0 aliphatic carbocycles. The minimum atomic E-state index is -0.490. The van der Waals surface area contributed by atoms with Crippen LogP contribution in [0.4, 0.5) is 10.1 Å². The van der Waals surface area contributed by atoms with E-state index >= 15 is 0 Å². The van der Waals surface area contributed by atoms with E-state index in [9.17, 15) is 9.65 Å². The average molecular weight is 315 g/mol. The SMILES string of the molecule is Cc1nc(C)n(C[C@@H]2CN(c3cccc(F)c3C#N)CCO2)n1. The van der Waals surface area contributed by atoms with Gasteiger partial charge in [0.25, 0.3) is 0 Å². The summed E-state index contributed by atoms with van der Waals surface area (Å²) >= 11 is 0. The second-order valence-electron chi connectivity index (χ2n) is 5.57. The normalized spacial score (nSPS) is 18.0. The number of nitrogens with zero attached hydrogens (tertiary/aromatic N) is 5. The Bertz CT molecular complexity index is 751. The number of aryl methyl sites for hydroxylation is 2. The predicted octanol–water partition coefficient (Wildman–Crippen LogP) is 1.81. The van der Waals surface area contributed by atoms with E-state index in [2.05, 4.69) is 10.1 Å². The van der Waals surface area contributed by atoms with Crippen LogP contribution in [0.25, 0.3) is 0 Å². The van der Waals surface area contributed by atoms with Gasteiger partial charge in [-0.05, 0) is 26.0 Å². The first-order chi connectivity index (χ1) is 11.1. The number of aromatic nitrogens is 3. The highest BCUT2D eigenvalue weighted by Gasteiger charge is 2.24. The third-order valence-electron chi connectivity index (χ3n) is 3.92. The smallest absolute Gasteiger partial charge is 0.147 e. The van der Waals surface area contributed by atoms with E-state index in [0.29, 0.717) is 31.9 Å². The van der Waals surface area contributed by atoms with Gasteiger partial charge >= 0.3 is 0 Å². The molecule has 2 aromatic rings. The molecule has 1 atom stereocenters. The summed E-state index contributed by atoms with van der Waals surface area (Å²) in [7, 11) is 0. The Balaban J connectivity index is 1.78. The van der Waals surface area contributed by atoms with Gasteiger partial charge in [0, 0.05) is 13.1 Å². The van der Waals surface area contributed by atoms with Crippen molar-refractivity contribution in [3.8, 4) is 6.07 Å². The Morgan fingerprint density at radius 3 is 2.96 bits per heavy atom. The monoisotopic (exact) mass is 315 g/mol. The molecule has 3 rings (SSSR count). The molecule has 1 aromatic carbocycles. The van der Waals surface area contributed by atoms with Crippen LogP contribution in [0.1, 0.15) is 17.2 Å². The maximum absolute atomic E-state index is 13.8. The summed E-state index contributed by atoms with van der Waals surface area (Å²) in [5.74, 6) is 1.08. The number of benzene rings is 1. The fraction of sp³-hybridized carbons (Fsp3) is 0.438. The lowest BCUT2D eigenvalue weighted by Gasteiger charge is -2.35. The highest BCUT2D eigenvalue weighted by atomic mass is 19.1. The maximum Gasteiger partial charge on any atom is 0.147 e. The van der Waals surface area contributed by atoms with Gasteiger partial charge in [0.05, 0.1) is 24.9 Å². The van der Waals surface area contributed by atoms with Gasteiger partial charge in [-0.2, -0.15) is 10.4 Å². The van der Waals surface area contributed by atoms with Crippen LogP contribution in [0, 0.1) is 31.0 Å². The number of rotatable bonds is 3. The molecule has 6 nitrogen and oxygen atoms in total. The zero-order valence-corrected chi connectivity index (χ0v) is 13.2. The van der Waals surface area contributed by atoms with E-state index in [-0.39, 0.29) is 11.7 Å². The van der Waals surface area contributed by atoms with Gasteiger partial charge in [0.2, 0.25) is 0 Å². The minimum Gasteiger partial charge on any atom is -0.373 e. The maximum atomic E-state index is 13.8. The van der Waals surface area contributed by atoms with Crippen molar-refractivity contribution in [2.75, 3.05) is 24.6 Å². The Labute approximate surface area is 134 Å². The lowest BCUT2D eigenvalue weighted by Crippen LogP contribution is -2.44. The topological polar surface area (TPSA) is 67.0 Å².